The number of nitrogen functional groups attached to an aromatic ring is 1. The van der Waals surface area contributed by atoms with Crippen LogP contribution in [0.15, 0.2) is 36.4 Å². The van der Waals surface area contributed by atoms with Crippen LogP contribution in [0.5, 0.6) is 11.5 Å². The zero-order chi connectivity index (χ0) is 15.2. The third-order valence-corrected chi connectivity index (χ3v) is 2.79. The van der Waals surface area contributed by atoms with E-state index < -0.39 is 0 Å². The van der Waals surface area contributed by atoms with Gasteiger partial charge in [0, 0.05) is 6.07 Å². The monoisotopic (exact) mass is 288 g/mol. The van der Waals surface area contributed by atoms with Crippen molar-refractivity contribution in [3.05, 3.63) is 42.1 Å². The summed E-state index contributed by atoms with van der Waals surface area (Å²) in [5.74, 6) is 6.45. The third kappa shape index (κ3) is 3.40. The van der Waals surface area contributed by atoms with Gasteiger partial charge in [-0.1, -0.05) is 6.07 Å². The third-order valence-electron chi connectivity index (χ3n) is 2.79. The topological polar surface area (TPSA) is 98.5 Å². The maximum atomic E-state index is 12.2. The van der Waals surface area contributed by atoms with E-state index in [1.54, 1.807) is 43.5 Å². The number of nitrogens with zero attached hydrogens (tertiary/aromatic N) is 1. The molecule has 7 heteroatoms. The van der Waals surface area contributed by atoms with Crippen molar-refractivity contribution < 1.29 is 14.3 Å². The molecule has 0 fully saturated rings. The van der Waals surface area contributed by atoms with Crippen LogP contribution in [0.4, 0.5) is 11.5 Å². The predicted molar refractivity (Wildman–Crippen MR) is 79.5 cm³/mol. The summed E-state index contributed by atoms with van der Waals surface area (Å²) in [6.45, 7) is 0. The SMILES string of the molecule is COc1ccc(NC(=O)c2cccc(NN)n2)c(OC)c1. The lowest BCUT2D eigenvalue weighted by Gasteiger charge is -2.11. The van der Waals surface area contributed by atoms with E-state index in [2.05, 4.69) is 15.7 Å². The Kier molecular flexibility index (Phi) is 4.57. The van der Waals surface area contributed by atoms with E-state index >= 15 is 0 Å². The number of benzene rings is 1. The molecule has 1 amide bonds. The Morgan fingerprint density at radius 3 is 2.67 bits per heavy atom. The van der Waals surface area contributed by atoms with E-state index in [-0.39, 0.29) is 11.6 Å². The van der Waals surface area contributed by atoms with Crippen LogP contribution in [-0.4, -0.2) is 25.1 Å². The number of pyridine rings is 1. The Morgan fingerprint density at radius 1 is 1.19 bits per heavy atom. The van der Waals surface area contributed by atoms with Crippen LogP contribution in [0.3, 0.4) is 0 Å². The molecule has 0 radical (unpaired) electrons. The number of rotatable bonds is 5. The van der Waals surface area contributed by atoms with Crippen LogP contribution in [0.2, 0.25) is 0 Å². The van der Waals surface area contributed by atoms with Gasteiger partial charge in [0.25, 0.3) is 5.91 Å². The number of carbonyl (C=O) groups is 1. The molecule has 0 aliphatic heterocycles. The maximum absolute atomic E-state index is 12.2. The molecule has 21 heavy (non-hydrogen) atoms. The summed E-state index contributed by atoms with van der Waals surface area (Å²) in [5.41, 5.74) is 3.15. The molecular formula is C14H16N4O3. The zero-order valence-corrected chi connectivity index (χ0v) is 11.7. The fraction of sp³-hybridized carbons (Fsp3) is 0.143. The van der Waals surface area contributed by atoms with E-state index in [0.717, 1.165) is 0 Å². The molecular weight excluding hydrogens is 272 g/mol. The molecule has 0 unspecified atom stereocenters. The summed E-state index contributed by atoms with van der Waals surface area (Å²) in [4.78, 5) is 16.2. The standard InChI is InChI=1S/C14H16N4O3/c1-20-9-6-7-10(12(8-9)21-2)17-14(19)11-4-3-5-13(16-11)18-15/h3-8H,15H2,1-2H3,(H,16,18)(H,17,19). The van der Waals surface area contributed by atoms with Gasteiger partial charge in [-0.15, -0.1) is 0 Å². The number of hydrazine groups is 1. The largest absolute Gasteiger partial charge is 0.497 e. The molecule has 0 saturated carbocycles. The number of nitrogens with two attached hydrogens (primary N) is 1. The van der Waals surface area contributed by atoms with Gasteiger partial charge in [0.1, 0.15) is 23.0 Å². The molecule has 110 valence electrons. The fourth-order valence-electron chi connectivity index (χ4n) is 1.73. The van der Waals surface area contributed by atoms with Crippen molar-refractivity contribution >= 4 is 17.4 Å². The normalized spacial score (nSPS) is 9.86. The molecule has 0 aliphatic carbocycles. The smallest absolute Gasteiger partial charge is 0.274 e. The van der Waals surface area contributed by atoms with Gasteiger partial charge in [-0.25, -0.2) is 10.8 Å². The van der Waals surface area contributed by atoms with E-state index in [0.29, 0.717) is 23.0 Å². The van der Waals surface area contributed by atoms with E-state index in [1.807, 2.05) is 0 Å². The number of aromatic nitrogens is 1. The van der Waals surface area contributed by atoms with Crippen molar-refractivity contribution in [2.75, 3.05) is 25.0 Å². The Morgan fingerprint density at radius 2 is 2.00 bits per heavy atom. The highest BCUT2D eigenvalue weighted by Gasteiger charge is 2.12. The van der Waals surface area contributed by atoms with E-state index in [1.165, 1.54) is 7.11 Å². The molecule has 2 aromatic rings. The van der Waals surface area contributed by atoms with Crippen molar-refractivity contribution in [2.24, 2.45) is 5.84 Å². The van der Waals surface area contributed by atoms with Gasteiger partial charge in [-0.2, -0.15) is 0 Å². The minimum atomic E-state index is -0.365. The van der Waals surface area contributed by atoms with Crippen LogP contribution in [-0.2, 0) is 0 Å². The average molecular weight is 288 g/mol. The number of anilines is 2. The molecule has 7 nitrogen and oxygen atoms in total. The van der Waals surface area contributed by atoms with Crippen molar-refractivity contribution in [3.63, 3.8) is 0 Å². The van der Waals surface area contributed by atoms with Crippen LogP contribution in [0.1, 0.15) is 10.5 Å². The summed E-state index contributed by atoms with van der Waals surface area (Å²) in [5, 5.41) is 2.73. The quantitative estimate of drug-likeness (QED) is 0.571. The Bertz CT molecular complexity index is 646. The van der Waals surface area contributed by atoms with Gasteiger partial charge in [0.2, 0.25) is 0 Å². The second-order valence-electron chi connectivity index (χ2n) is 4.07. The Labute approximate surface area is 122 Å². The summed E-state index contributed by atoms with van der Waals surface area (Å²) in [6, 6.07) is 10.0. The van der Waals surface area contributed by atoms with Gasteiger partial charge in [-0.05, 0) is 24.3 Å². The van der Waals surface area contributed by atoms with Crippen molar-refractivity contribution in [2.45, 2.75) is 0 Å². The van der Waals surface area contributed by atoms with Gasteiger partial charge in [0.15, 0.2) is 0 Å². The average Bonchev–Trinajstić information content (AvgIpc) is 2.55. The Hall–Kier alpha value is -2.80. The minimum absolute atomic E-state index is 0.239. The van der Waals surface area contributed by atoms with Crippen LogP contribution < -0.4 is 26.1 Å². The lowest BCUT2D eigenvalue weighted by atomic mass is 10.2. The summed E-state index contributed by atoms with van der Waals surface area (Å²) in [6.07, 6.45) is 0. The first-order valence-electron chi connectivity index (χ1n) is 6.15. The molecule has 1 aromatic heterocycles. The summed E-state index contributed by atoms with van der Waals surface area (Å²) in [7, 11) is 3.07. The summed E-state index contributed by atoms with van der Waals surface area (Å²) < 4.78 is 10.3. The number of hydrogen-bond acceptors (Lipinski definition) is 6. The molecule has 1 aromatic carbocycles. The number of amides is 1. The lowest BCUT2D eigenvalue weighted by molar-refractivity contribution is 0.102. The molecule has 2 rings (SSSR count). The zero-order valence-electron chi connectivity index (χ0n) is 11.7. The van der Waals surface area contributed by atoms with Crippen LogP contribution >= 0.6 is 0 Å². The number of ether oxygens (including phenoxy) is 2. The number of nitrogens with one attached hydrogen (secondary N) is 2. The fourth-order valence-corrected chi connectivity index (χ4v) is 1.73. The van der Waals surface area contributed by atoms with E-state index in [9.17, 15) is 4.79 Å². The second kappa shape index (κ2) is 6.58. The van der Waals surface area contributed by atoms with E-state index in [4.69, 9.17) is 15.3 Å². The highest BCUT2D eigenvalue weighted by Crippen LogP contribution is 2.29. The van der Waals surface area contributed by atoms with Crippen molar-refractivity contribution in [1.29, 1.82) is 0 Å². The first kappa shape index (κ1) is 14.6. The number of methoxy groups -OCH3 is 2. The van der Waals surface area contributed by atoms with Gasteiger partial charge in [-0.3, -0.25) is 4.79 Å². The molecule has 1 heterocycles. The van der Waals surface area contributed by atoms with Gasteiger partial charge in [0.05, 0.1) is 19.9 Å². The minimum Gasteiger partial charge on any atom is -0.497 e. The lowest BCUT2D eigenvalue weighted by Crippen LogP contribution is -2.16. The first-order valence-corrected chi connectivity index (χ1v) is 6.15. The molecule has 0 bridgehead atoms. The molecule has 0 aliphatic rings. The van der Waals surface area contributed by atoms with Crippen LogP contribution in [0.25, 0.3) is 0 Å². The summed E-state index contributed by atoms with van der Waals surface area (Å²) >= 11 is 0. The first-order chi connectivity index (χ1) is 10.2. The van der Waals surface area contributed by atoms with Crippen molar-refractivity contribution in [3.8, 4) is 11.5 Å². The van der Waals surface area contributed by atoms with Crippen LogP contribution in [0, 0.1) is 0 Å². The molecule has 0 spiro atoms. The van der Waals surface area contributed by atoms with Gasteiger partial charge < -0.3 is 20.2 Å². The highest BCUT2D eigenvalue weighted by molar-refractivity contribution is 6.03. The van der Waals surface area contributed by atoms with Crippen molar-refractivity contribution in [1.82, 2.24) is 4.98 Å². The van der Waals surface area contributed by atoms with Gasteiger partial charge >= 0.3 is 0 Å². The number of carbonyl (C=O) groups excluding carboxylic acids is 1. The second-order valence-corrected chi connectivity index (χ2v) is 4.07. The molecule has 4 N–H and O–H groups in total. The Balaban J connectivity index is 2.22. The highest BCUT2D eigenvalue weighted by atomic mass is 16.5. The molecule has 0 saturated heterocycles. The maximum Gasteiger partial charge on any atom is 0.274 e. The number of hydrogen-bond donors (Lipinski definition) is 3. The molecule has 0 atom stereocenters. The predicted octanol–water partition coefficient (Wildman–Crippen LogP) is 1.64.